The molecule has 0 radical (unpaired) electrons. The van der Waals surface area contributed by atoms with Crippen LogP contribution in [0.25, 0.3) is 0 Å². The maximum absolute atomic E-state index is 12.8. The van der Waals surface area contributed by atoms with Gasteiger partial charge in [-0.05, 0) is 89.9 Å². The van der Waals surface area contributed by atoms with Gasteiger partial charge in [0.15, 0.2) is 6.10 Å². The van der Waals surface area contributed by atoms with E-state index >= 15 is 0 Å². The standard InChI is InChI=1S/C62H100O6/c1-4-7-10-13-16-19-22-25-28-30-31-32-35-37-40-43-46-49-52-55-61(64)67-58-59(57-66-60(63)54-51-48-45-42-39-36-33-27-24-21-18-15-12-9-6-3)68-62(65)56-53-50-47-44-41-38-34-29-26-23-20-17-14-11-8-5-2/h7,10,13,16,18-19,21-22,24-25,27-32,34-35,37,40,59H,4-6,8-9,11-12,14-15,17,20,23,26,33,36,38-39,41-58H2,1-3H3/b10-7-,16-13-,21-18-,22-19-,27-24-,28-25-,31-30+,34-29-,35-32-,40-37-. The maximum atomic E-state index is 12.8. The molecule has 0 fully saturated rings. The summed E-state index contributed by atoms with van der Waals surface area (Å²) in [5.74, 6) is -0.974. The van der Waals surface area contributed by atoms with Gasteiger partial charge in [0.2, 0.25) is 0 Å². The van der Waals surface area contributed by atoms with Crippen LogP contribution >= 0.6 is 0 Å². The molecule has 1 unspecified atom stereocenters. The molecule has 0 aliphatic heterocycles. The number of hydrogen-bond donors (Lipinski definition) is 0. The third-order valence-corrected chi connectivity index (χ3v) is 11.4. The van der Waals surface area contributed by atoms with Crippen LogP contribution in [0, 0.1) is 0 Å². The Labute approximate surface area is 418 Å². The summed E-state index contributed by atoms with van der Waals surface area (Å²) >= 11 is 0. The van der Waals surface area contributed by atoms with Crippen molar-refractivity contribution in [2.75, 3.05) is 13.2 Å². The van der Waals surface area contributed by atoms with E-state index in [0.29, 0.717) is 19.3 Å². The van der Waals surface area contributed by atoms with Crippen molar-refractivity contribution in [1.82, 2.24) is 0 Å². The lowest BCUT2D eigenvalue weighted by Gasteiger charge is -2.18. The maximum Gasteiger partial charge on any atom is 0.306 e. The van der Waals surface area contributed by atoms with E-state index in [2.05, 4.69) is 69.4 Å². The Bertz CT molecular complexity index is 1450. The molecule has 0 aromatic rings. The molecule has 0 N–H and O–H groups in total. The molecule has 0 aromatic heterocycles. The van der Waals surface area contributed by atoms with Crippen LogP contribution in [0.4, 0.5) is 0 Å². The summed E-state index contributed by atoms with van der Waals surface area (Å²) in [5, 5.41) is 0. The van der Waals surface area contributed by atoms with Crippen molar-refractivity contribution >= 4 is 17.9 Å². The van der Waals surface area contributed by atoms with E-state index in [-0.39, 0.29) is 31.1 Å². The molecule has 384 valence electrons. The Kier molecular flexibility index (Phi) is 52.0. The Morgan fingerprint density at radius 3 is 1.00 bits per heavy atom. The van der Waals surface area contributed by atoms with Crippen LogP contribution in [-0.4, -0.2) is 37.2 Å². The number of carbonyl (C=O) groups excluding carboxylic acids is 3. The number of unbranched alkanes of at least 4 members (excludes halogenated alkanes) is 24. The second-order valence-electron chi connectivity index (χ2n) is 18.0. The van der Waals surface area contributed by atoms with Gasteiger partial charge in [-0.1, -0.05) is 245 Å². The Balaban J connectivity index is 4.54. The highest BCUT2D eigenvalue weighted by molar-refractivity contribution is 5.71. The zero-order valence-electron chi connectivity index (χ0n) is 43.8. The van der Waals surface area contributed by atoms with Crippen LogP contribution in [0.15, 0.2) is 122 Å². The van der Waals surface area contributed by atoms with Gasteiger partial charge in [-0.2, -0.15) is 0 Å². The molecular formula is C62H100O6. The van der Waals surface area contributed by atoms with E-state index in [4.69, 9.17) is 14.2 Å². The second-order valence-corrected chi connectivity index (χ2v) is 18.0. The average molecular weight is 941 g/mol. The molecule has 0 heterocycles. The average Bonchev–Trinajstić information content (AvgIpc) is 3.34. The number of carbonyl (C=O) groups is 3. The smallest absolute Gasteiger partial charge is 0.306 e. The minimum atomic E-state index is -0.810. The molecule has 0 saturated carbocycles. The van der Waals surface area contributed by atoms with E-state index in [0.717, 1.165) is 96.3 Å². The Morgan fingerprint density at radius 1 is 0.309 bits per heavy atom. The monoisotopic (exact) mass is 941 g/mol. The molecule has 0 saturated heterocycles. The summed E-state index contributed by atoms with van der Waals surface area (Å²) < 4.78 is 16.8. The number of hydrogen-bond acceptors (Lipinski definition) is 6. The number of ether oxygens (including phenoxy) is 3. The summed E-state index contributed by atoms with van der Waals surface area (Å²) in [6, 6.07) is 0. The van der Waals surface area contributed by atoms with Gasteiger partial charge in [-0.3, -0.25) is 14.4 Å². The topological polar surface area (TPSA) is 78.9 Å². The van der Waals surface area contributed by atoms with Crippen LogP contribution in [0.3, 0.4) is 0 Å². The van der Waals surface area contributed by atoms with Crippen LogP contribution < -0.4 is 0 Å². The first-order chi connectivity index (χ1) is 33.5. The van der Waals surface area contributed by atoms with Crippen LogP contribution in [0.2, 0.25) is 0 Å². The zero-order chi connectivity index (χ0) is 49.3. The van der Waals surface area contributed by atoms with Crippen molar-refractivity contribution in [2.45, 2.75) is 239 Å². The lowest BCUT2D eigenvalue weighted by molar-refractivity contribution is -0.167. The van der Waals surface area contributed by atoms with Gasteiger partial charge in [0.25, 0.3) is 0 Å². The highest BCUT2D eigenvalue weighted by Gasteiger charge is 2.19. The van der Waals surface area contributed by atoms with E-state index in [1.54, 1.807) is 0 Å². The zero-order valence-corrected chi connectivity index (χ0v) is 43.8. The predicted octanol–water partition coefficient (Wildman–Crippen LogP) is 18.5. The highest BCUT2D eigenvalue weighted by atomic mass is 16.6. The molecule has 0 amide bonds. The van der Waals surface area contributed by atoms with Crippen LogP contribution in [0.5, 0.6) is 0 Å². The minimum absolute atomic E-state index is 0.106. The molecule has 0 aliphatic carbocycles. The normalized spacial score (nSPS) is 13.0. The molecule has 68 heavy (non-hydrogen) atoms. The first-order valence-electron chi connectivity index (χ1n) is 27.7. The molecule has 0 spiro atoms. The first-order valence-corrected chi connectivity index (χ1v) is 27.7. The summed E-state index contributed by atoms with van der Waals surface area (Å²) in [6.45, 7) is 6.40. The summed E-state index contributed by atoms with van der Waals surface area (Å²) in [6.07, 6.45) is 76.0. The number of esters is 3. The Morgan fingerprint density at radius 2 is 0.588 bits per heavy atom. The lowest BCUT2D eigenvalue weighted by atomic mass is 10.1. The minimum Gasteiger partial charge on any atom is -0.462 e. The molecule has 0 rings (SSSR count). The number of rotatable bonds is 48. The molecule has 6 heteroatoms. The second kappa shape index (κ2) is 55.4. The van der Waals surface area contributed by atoms with Gasteiger partial charge in [0.1, 0.15) is 13.2 Å². The van der Waals surface area contributed by atoms with E-state index in [9.17, 15) is 14.4 Å². The third-order valence-electron chi connectivity index (χ3n) is 11.4. The number of allylic oxidation sites excluding steroid dienone is 20. The van der Waals surface area contributed by atoms with Crippen molar-refractivity contribution in [2.24, 2.45) is 0 Å². The van der Waals surface area contributed by atoms with Crippen molar-refractivity contribution in [3.8, 4) is 0 Å². The van der Waals surface area contributed by atoms with E-state index < -0.39 is 6.10 Å². The van der Waals surface area contributed by atoms with E-state index in [1.165, 1.54) is 96.3 Å². The summed E-state index contributed by atoms with van der Waals surface area (Å²) in [5.41, 5.74) is 0. The van der Waals surface area contributed by atoms with Gasteiger partial charge < -0.3 is 14.2 Å². The third kappa shape index (κ3) is 52.8. The quantitative estimate of drug-likeness (QED) is 0.0199. The van der Waals surface area contributed by atoms with Gasteiger partial charge >= 0.3 is 17.9 Å². The molecule has 6 nitrogen and oxygen atoms in total. The SMILES string of the molecule is CC\C=C/C=C\C=C/C=C\C=C\C=C/C=C\CCCCCC(=O)OCC(COC(=O)CCCCCCCC/C=C\C=C/CCCCC)OC(=O)CCCCCCC/C=C\CCCCCCCCC. The first kappa shape index (κ1) is 63.8. The molecule has 0 aromatic carbocycles. The van der Waals surface area contributed by atoms with E-state index in [1.807, 2.05) is 72.9 Å². The van der Waals surface area contributed by atoms with Gasteiger partial charge in [0, 0.05) is 19.3 Å². The lowest BCUT2D eigenvalue weighted by Crippen LogP contribution is -2.30. The Hall–Kier alpha value is -4.19. The van der Waals surface area contributed by atoms with Gasteiger partial charge in [-0.25, -0.2) is 0 Å². The predicted molar refractivity (Wildman–Crippen MR) is 293 cm³/mol. The molecule has 0 bridgehead atoms. The fraction of sp³-hybridized carbons (Fsp3) is 0.629. The molecule has 1 atom stereocenters. The van der Waals surface area contributed by atoms with Crippen LogP contribution in [0.1, 0.15) is 233 Å². The summed E-state index contributed by atoms with van der Waals surface area (Å²) in [4.78, 5) is 38.1. The van der Waals surface area contributed by atoms with Crippen molar-refractivity contribution in [3.63, 3.8) is 0 Å². The van der Waals surface area contributed by atoms with Gasteiger partial charge in [0.05, 0.1) is 0 Å². The molecule has 0 aliphatic rings. The summed E-state index contributed by atoms with van der Waals surface area (Å²) in [7, 11) is 0. The highest BCUT2D eigenvalue weighted by Crippen LogP contribution is 2.14. The van der Waals surface area contributed by atoms with Crippen molar-refractivity contribution < 1.29 is 28.6 Å². The van der Waals surface area contributed by atoms with Crippen molar-refractivity contribution in [3.05, 3.63) is 122 Å². The molecular weight excluding hydrogens is 841 g/mol. The van der Waals surface area contributed by atoms with Crippen molar-refractivity contribution in [1.29, 1.82) is 0 Å². The van der Waals surface area contributed by atoms with Crippen LogP contribution in [-0.2, 0) is 28.6 Å². The van der Waals surface area contributed by atoms with Gasteiger partial charge in [-0.15, -0.1) is 0 Å². The fourth-order valence-electron chi connectivity index (χ4n) is 7.23. The fourth-order valence-corrected chi connectivity index (χ4v) is 7.23. The largest absolute Gasteiger partial charge is 0.462 e.